The highest BCUT2D eigenvalue weighted by Gasteiger charge is 2.68. The fourth-order valence-electron chi connectivity index (χ4n) is 4.76. The summed E-state index contributed by atoms with van der Waals surface area (Å²) in [4.78, 5) is 40.2. The second-order valence-corrected chi connectivity index (χ2v) is 9.30. The monoisotopic (exact) mass is 466 g/mol. The minimum Gasteiger partial charge on any atom is -0.508 e. The zero-order valence-corrected chi connectivity index (χ0v) is 18.4. The maximum atomic E-state index is 13.3. The largest absolute Gasteiger partial charge is 0.508 e. The third kappa shape index (κ3) is 3.57. The van der Waals surface area contributed by atoms with Gasteiger partial charge in [-0.05, 0) is 37.0 Å². The third-order valence-electron chi connectivity index (χ3n) is 5.92. The van der Waals surface area contributed by atoms with Gasteiger partial charge < -0.3 is 10.2 Å². The molecule has 2 fully saturated rings. The molecule has 0 aliphatic carbocycles. The summed E-state index contributed by atoms with van der Waals surface area (Å²) in [7, 11) is 0. The van der Waals surface area contributed by atoms with Gasteiger partial charge in [0.15, 0.2) is 0 Å². The lowest BCUT2D eigenvalue weighted by Crippen LogP contribution is -2.56. The number of benzene rings is 1. The van der Waals surface area contributed by atoms with Crippen LogP contribution in [0.15, 0.2) is 22.7 Å². The lowest BCUT2D eigenvalue weighted by molar-refractivity contribution is -0.152. The lowest BCUT2D eigenvalue weighted by atomic mass is 9.75. The van der Waals surface area contributed by atoms with Crippen LogP contribution in [0.25, 0.3) is 0 Å². The van der Waals surface area contributed by atoms with Crippen LogP contribution in [-0.4, -0.2) is 45.0 Å². The van der Waals surface area contributed by atoms with Crippen molar-refractivity contribution in [2.75, 3.05) is 6.54 Å². The fourth-order valence-corrected chi connectivity index (χ4v) is 5.14. The normalized spacial score (nSPS) is 29.0. The molecule has 1 aromatic rings. The van der Waals surface area contributed by atoms with Gasteiger partial charge in [-0.2, -0.15) is 0 Å². The van der Waals surface area contributed by atoms with E-state index < -0.39 is 35.3 Å². The van der Waals surface area contributed by atoms with Crippen molar-refractivity contribution in [3.05, 3.63) is 28.2 Å². The molecule has 0 bridgehead atoms. The number of hydrogen-bond donors (Lipinski definition) is 3. The molecule has 0 unspecified atom stereocenters. The van der Waals surface area contributed by atoms with Gasteiger partial charge in [0.05, 0.1) is 11.8 Å². The third-order valence-corrected chi connectivity index (χ3v) is 6.41. The molecule has 3 N–H and O–H groups in total. The highest BCUT2D eigenvalue weighted by molar-refractivity contribution is 9.10. The summed E-state index contributed by atoms with van der Waals surface area (Å²) >= 11 is 3.37. The highest BCUT2D eigenvalue weighted by atomic mass is 79.9. The molecule has 1 aromatic carbocycles. The Morgan fingerprint density at radius 1 is 1.31 bits per heavy atom. The second kappa shape index (κ2) is 8.07. The first-order valence-electron chi connectivity index (χ1n) is 9.98. The van der Waals surface area contributed by atoms with Crippen LogP contribution < -0.4 is 5.32 Å². The number of aliphatic carboxylic acids is 1. The second-order valence-electron chi connectivity index (χ2n) is 8.38. The SMILES string of the molecule is CCCCN1C(=O)[C@@H]2[C@H](c3cc(Br)ccc3O)N[C@@](CC(C)C)(C(=O)O)[C@H]2C1=O. The van der Waals surface area contributed by atoms with E-state index in [-0.39, 0.29) is 30.5 Å². The molecule has 0 saturated carbocycles. The number of nitrogens with zero attached hydrogens (tertiary/aromatic N) is 1. The number of imide groups is 1. The maximum Gasteiger partial charge on any atom is 0.324 e. The van der Waals surface area contributed by atoms with Crippen LogP contribution in [0.2, 0.25) is 0 Å². The Kier molecular flexibility index (Phi) is 6.06. The van der Waals surface area contributed by atoms with Gasteiger partial charge in [-0.3, -0.25) is 24.6 Å². The number of rotatable bonds is 7. The summed E-state index contributed by atoms with van der Waals surface area (Å²) < 4.78 is 0.694. The summed E-state index contributed by atoms with van der Waals surface area (Å²) in [6, 6.07) is 4.06. The van der Waals surface area contributed by atoms with E-state index in [9.17, 15) is 24.6 Å². The predicted octanol–water partition coefficient (Wildman–Crippen LogP) is 3.07. The summed E-state index contributed by atoms with van der Waals surface area (Å²) in [5, 5.41) is 23.8. The average Bonchev–Trinajstić information content (AvgIpc) is 3.10. The topological polar surface area (TPSA) is 107 Å². The van der Waals surface area contributed by atoms with Crippen molar-refractivity contribution in [1.29, 1.82) is 0 Å². The van der Waals surface area contributed by atoms with Crippen LogP contribution in [0, 0.1) is 17.8 Å². The summed E-state index contributed by atoms with van der Waals surface area (Å²) in [6.45, 7) is 6.04. The van der Waals surface area contributed by atoms with Gasteiger partial charge in [-0.15, -0.1) is 0 Å². The Morgan fingerprint density at radius 2 is 2.00 bits per heavy atom. The molecule has 0 spiro atoms. The quantitative estimate of drug-likeness (QED) is 0.533. The number of nitrogens with one attached hydrogen (secondary N) is 1. The van der Waals surface area contributed by atoms with Gasteiger partial charge in [-0.1, -0.05) is 43.1 Å². The van der Waals surface area contributed by atoms with Gasteiger partial charge >= 0.3 is 5.97 Å². The van der Waals surface area contributed by atoms with Crippen molar-refractivity contribution in [1.82, 2.24) is 10.2 Å². The Bertz CT molecular complexity index is 842. The molecular formula is C21H27BrN2O5. The van der Waals surface area contributed by atoms with Crippen molar-refractivity contribution < 1.29 is 24.6 Å². The molecule has 158 valence electrons. The van der Waals surface area contributed by atoms with Gasteiger partial charge in [0.1, 0.15) is 11.3 Å². The molecule has 4 atom stereocenters. The molecule has 0 aromatic heterocycles. The Labute approximate surface area is 178 Å². The number of unbranched alkanes of at least 4 members (excludes halogenated alkanes) is 1. The average molecular weight is 467 g/mol. The van der Waals surface area contributed by atoms with E-state index in [2.05, 4.69) is 21.2 Å². The number of amides is 2. The summed E-state index contributed by atoms with van der Waals surface area (Å²) in [6.07, 6.45) is 1.69. The minimum atomic E-state index is -1.56. The molecule has 2 heterocycles. The molecule has 8 heteroatoms. The Morgan fingerprint density at radius 3 is 2.59 bits per heavy atom. The van der Waals surface area contributed by atoms with Crippen LogP contribution in [0.5, 0.6) is 5.75 Å². The number of carbonyl (C=O) groups excluding carboxylic acids is 2. The van der Waals surface area contributed by atoms with Gasteiger partial charge in [-0.25, -0.2) is 0 Å². The van der Waals surface area contributed by atoms with E-state index in [1.165, 1.54) is 11.0 Å². The Balaban J connectivity index is 2.15. The van der Waals surface area contributed by atoms with Gasteiger partial charge in [0.25, 0.3) is 0 Å². The number of likely N-dealkylation sites (tertiary alicyclic amines) is 1. The maximum absolute atomic E-state index is 13.3. The summed E-state index contributed by atoms with van der Waals surface area (Å²) in [5.41, 5.74) is -1.15. The van der Waals surface area contributed by atoms with Crippen LogP contribution in [0.1, 0.15) is 51.6 Å². The van der Waals surface area contributed by atoms with E-state index in [0.29, 0.717) is 16.5 Å². The zero-order chi connectivity index (χ0) is 21.5. The van der Waals surface area contributed by atoms with Crippen LogP contribution >= 0.6 is 15.9 Å². The first kappa shape index (κ1) is 21.8. The first-order valence-corrected chi connectivity index (χ1v) is 10.8. The molecule has 29 heavy (non-hydrogen) atoms. The molecule has 2 aliphatic rings. The molecule has 7 nitrogen and oxygen atoms in total. The van der Waals surface area contributed by atoms with Crippen molar-refractivity contribution in [2.24, 2.45) is 17.8 Å². The number of halogens is 1. The van der Waals surface area contributed by atoms with Crippen LogP contribution in [-0.2, 0) is 14.4 Å². The van der Waals surface area contributed by atoms with E-state index in [0.717, 1.165) is 6.42 Å². The van der Waals surface area contributed by atoms with E-state index in [1.54, 1.807) is 12.1 Å². The van der Waals surface area contributed by atoms with Crippen LogP contribution in [0.4, 0.5) is 0 Å². The van der Waals surface area contributed by atoms with Gasteiger partial charge in [0.2, 0.25) is 11.8 Å². The predicted molar refractivity (Wildman–Crippen MR) is 110 cm³/mol. The zero-order valence-electron chi connectivity index (χ0n) is 16.8. The number of fused-ring (bicyclic) bond motifs is 1. The lowest BCUT2D eigenvalue weighted by Gasteiger charge is -2.32. The molecule has 0 radical (unpaired) electrons. The Hall–Kier alpha value is -1.93. The smallest absolute Gasteiger partial charge is 0.324 e. The van der Waals surface area contributed by atoms with Crippen molar-refractivity contribution >= 4 is 33.7 Å². The molecule has 3 rings (SSSR count). The van der Waals surface area contributed by atoms with Crippen LogP contribution in [0.3, 0.4) is 0 Å². The molecule has 2 aliphatic heterocycles. The van der Waals surface area contributed by atoms with Gasteiger partial charge in [0, 0.05) is 22.6 Å². The van der Waals surface area contributed by atoms with E-state index in [1.807, 2.05) is 20.8 Å². The fraction of sp³-hybridized carbons (Fsp3) is 0.571. The standard InChI is InChI=1S/C21H27BrN2O5/c1-4-5-8-24-18(26)15-16(19(24)27)21(20(28)29,10-11(2)3)23-17(15)13-9-12(22)6-7-14(13)25/h6-7,9,11,15-17,23,25H,4-5,8,10H2,1-3H3,(H,28,29)/t15-,16+,17-,21+/m0/s1. The number of aromatic hydroxyl groups is 1. The number of phenolic OH excluding ortho intramolecular Hbond substituents is 1. The van der Waals surface area contributed by atoms with Crippen molar-refractivity contribution in [2.45, 2.75) is 51.6 Å². The minimum absolute atomic E-state index is 0.0123. The molecule has 2 saturated heterocycles. The number of phenols is 1. The number of carboxylic acid groups (broad SMARTS) is 1. The molecular weight excluding hydrogens is 440 g/mol. The number of carbonyl (C=O) groups is 3. The first-order chi connectivity index (χ1) is 13.6. The van der Waals surface area contributed by atoms with E-state index >= 15 is 0 Å². The summed E-state index contributed by atoms with van der Waals surface area (Å²) in [5.74, 6) is -3.86. The van der Waals surface area contributed by atoms with E-state index in [4.69, 9.17) is 0 Å². The number of carboxylic acids is 1. The van der Waals surface area contributed by atoms with Crippen molar-refractivity contribution in [3.8, 4) is 5.75 Å². The number of hydrogen-bond acceptors (Lipinski definition) is 5. The van der Waals surface area contributed by atoms with Crippen molar-refractivity contribution in [3.63, 3.8) is 0 Å². The highest BCUT2D eigenvalue weighted by Crippen LogP contribution is 2.52. The molecule has 2 amide bonds.